The highest BCUT2D eigenvalue weighted by Crippen LogP contribution is 2.24. The summed E-state index contributed by atoms with van der Waals surface area (Å²) in [4.78, 5) is 10.4. The molecule has 1 aromatic rings. The lowest BCUT2D eigenvalue weighted by Crippen LogP contribution is -2.22. The second-order valence-corrected chi connectivity index (χ2v) is 4.35. The van der Waals surface area contributed by atoms with Crippen LogP contribution >= 0.6 is 0 Å². The van der Waals surface area contributed by atoms with E-state index in [1.807, 2.05) is 6.92 Å². The highest BCUT2D eigenvalue weighted by molar-refractivity contribution is 5.79. The highest BCUT2D eigenvalue weighted by Gasteiger charge is 2.20. The van der Waals surface area contributed by atoms with Crippen molar-refractivity contribution in [3.05, 3.63) is 42.0 Å². The van der Waals surface area contributed by atoms with E-state index in [1.54, 1.807) is 12.1 Å². The Hall–Kier alpha value is -1.85. The summed E-state index contributed by atoms with van der Waals surface area (Å²) in [7, 11) is 0. The van der Waals surface area contributed by atoms with Crippen molar-refractivity contribution in [2.45, 2.75) is 32.0 Å². The number of carbonyl (C=O) groups is 1. The number of aliphatic hydroxyl groups excluding tert-OH is 1. The first-order valence-corrected chi connectivity index (χ1v) is 6.52. The molecule has 1 aromatic carbocycles. The summed E-state index contributed by atoms with van der Waals surface area (Å²) in [6.45, 7) is 2.30. The average Bonchev–Trinajstić information content (AvgIpc) is 2.42. The molecule has 0 unspecified atom stereocenters. The van der Waals surface area contributed by atoms with Gasteiger partial charge in [0.05, 0.1) is 6.10 Å². The van der Waals surface area contributed by atoms with Crippen LogP contribution in [0.5, 0.6) is 5.75 Å². The summed E-state index contributed by atoms with van der Waals surface area (Å²) in [6, 6.07) is 6.29. The lowest BCUT2D eigenvalue weighted by Gasteiger charge is -2.22. The van der Waals surface area contributed by atoms with Gasteiger partial charge in [0.15, 0.2) is 0 Å². The van der Waals surface area contributed by atoms with E-state index in [2.05, 4.69) is 0 Å². The number of hydrogen-bond acceptors (Lipinski definition) is 4. The maximum Gasteiger partial charge on any atom is 0.327 e. The van der Waals surface area contributed by atoms with Crippen LogP contribution in [0.15, 0.2) is 36.4 Å². The molecule has 3 N–H and O–H groups in total. The predicted molar refractivity (Wildman–Crippen MR) is 74.5 cm³/mol. The fourth-order valence-corrected chi connectivity index (χ4v) is 1.88. The molecular formula is C15H20O5. The van der Waals surface area contributed by atoms with Gasteiger partial charge in [0.25, 0.3) is 0 Å². The number of phenols is 1. The van der Waals surface area contributed by atoms with Gasteiger partial charge in [-0.2, -0.15) is 0 Å². The summed E-state index contributed by atoms with van der Waals surface area (Å²) in [5.74, 6) is -0.852. The monoisotopic (exact) mass is 280 g/mol. The third-order valence-corrected chi connectivity index (χ3v) is 2.85. The summed E-state index contributed by atoms with van der Waals surface area (Å²) in [5, 5.41) is 28.0. The number of aliphatic carboxylic acids is 1. The summed E-state index contributed by atoms with van der Waals surface area (Å²) in [6.07, 6.45) is 2.41. The minimum atomic E-state index is -0.989. The largest absolute Gasteiger partial charge is 0.508 e. The van der Waals surface area contributed by atoms with Gasteiger partial charge in [-0.3, -0.25) is 0 Å². The van der Waals surface area contributed by atoms with Crippen LogP contribution in [0, 0.1) is 0 Å². The van der Waals surface area contributed by atoms with Gasteiger partial charge in [0.2, 0.25) is 0 Å². The molecule has 5 nitrogen and oxygen atoms in total. The summed E-state index contributed by atoms with van der Waals surface area (Å²) >= 11 is 0. The molecule has 0 radical (unpaired) electrons. The Morgan fingerprint density at radius 2 is 2.00 bits per heavy atom. The first-order valence-electron chi connectivity index (χ1n) is 6.52. The molecule has 0 fully saturated rings. The molecule has 0 aliphatic rings. The Labute approximate surface area is 118 Å². The van der Waals surface area contributed by atoms with Gasteiger partial charge < -0.3 is 20.1 Å². The number of allylic oxidation sites excluding steroid dienone is 1. The van der Waals surface area contributed by atoms with E-state index < -0.39 is 18.2 Å². The molecule has 1 rings (SSSR count). The highest BCUT2D eigenvalue weighted by atomic mass is 16.5. The normalized spacial score (nSPS) is 14.3. The maximum absolute atomic E-state index is 10.4. The minimum absolute atomic E-state index is 0.137. The number of aliphatic hydroxyl groups is 1. The van der Waals surface area contributed by atoms with Gasteiger partial charge in [0.1, 0.15) is 11.9 Å². The first kappa shape index (κ1) is 16.2. The molecule has 0 aliphatic heterocycles. The van der Waals surface area contributed by atoms with Crippen LogP contribution in [0.2, 0.25) is 0 Å². The van der Waals surface area contributed by atoms with Crippen LogP contribution in [0.4, 0.5) is 0 Å². The van der Waals surface area contributed by atoms with Crippen molar-refractivity contribution in [1.29, 1.82) is 0 Å². The van der Waals surface area contributed by atoms with Crippen LogP contribution in [0.3, 0.4) is 0 Å². The zero-order chi connectivity index (χ0) is 15.0. The number of hydrogen-bond donors (Lipinski definition) is 3. The molecule has 0 saturated carbocycles. The third kappa shape index (κ3) is 5.42. The van der Waals surface area contributed by atoms with Crippen molar-refractivity contribution < 1.29 is 24.9 Å². The fraction of sp³-hybridized carbons (Fsp3) is 0.400. The standard InChI is InChI=1S/C15H20O5/c1-2-20-13(5-3-4-6-14(17)18)15(19)11-7-9-12(16)10-8-11/h4,6-10,13,15-16,19H,2-3,5H2,1H3,(H,17,18)/b6-4+/t13-,15-/m1/s1. The molecule has 2 atom stereocenters. The Bertz CT molecular complexity index is 438. The molecule has 0 saturated heterocycles. The summed E-state index contributed by atoms with van der Waals surface area (Å²) in [5.41, 5.74) is 0.656. The van der Waals surface area contributed by atoms with Gasteiger partial charge in [-0.25, -0.2) is 4.79 Å². The van der Waals surface area contributed by atoms with E-state index in [9.17, 15) is 15.0 Å². The Morgan fingerprint density at radius 1 is 1.35 bits per heavy atom. The number of rotatable bonds is 8. The molecule has 0 bridgehead atoms. The molecule has 0 heterocycles. The van der Waals surface area contributed by atoms with E-state index in [1.165, 1.54) is 18.2 Å². The predicted octanol–water partition coefficient (Wildman–Crippen LogP) is 2.25. The van der Waals surface area contributed by atoms with E-state index in [0.29, 0.717) is 25.0 Å². The van der Waals surface area contributed by atoms with Crippen molar-refractivity contribution in [1.82, 2.24) is 0 Å². The Balaban J connectivity index is 2.64. The molecule has 0 aliphatic carbocycles. The smallest absolute Gasteiger partial charge is 0.327 e. The molecule has 0 aromatic heterocycles. The van der Waals surface area contributed by atoms with E-state index in [0.717, 1.165) is 6.08 Å². The van der Waals surface area contributed by atoms with Crippen LogP contribution < -0.4 is 0 Å². The van der Waals surface area contributed by atoms with Crippen molar-refractivity contribution in [2.75, 3.05) is 6.61 Å². The number of ether oxygens (including phenoxy) is 1. The molecule has 20 heavy (non-hydrogen) atoms. The number of aromatic hydroxyl groups is 1. The van der Waals surface area contributed by atoms with Crippen LogP contribution in [-0.4, -0.2) is 34.0 Å². The fourth-order valence-electron chi connectivity index (χ4n) is 1.88. The van der Waals surface area contributed by atoms with Crippen LogP contribution in [-0.2, 0) is 9.53 Å². The average molecular weight is 280 g/mol. The first-order chi connectivity index (χ1) is 9.54. The quantitative estimate of drug-likeness (QED) is 0.636. The maximum atomic E-state index is 10.4. The summed E-state index contributed by atoms with van der Waals surface area (Å²) < 4.78 is 5.50. The molecule has 0 amide bonds. The molecular weight excluding hydrogens is 260 g/mol. The SMILES string of the molecule is CCO[C@H](CC/C=C/C(=O)O)[C@H](O)c1ccc(O)cc1. The molecule has 0 spiro atoms. The van der Waals surface area contributed by atoms with Crippen LogP contribution in [0.1, 0.15) is 31.4 Å². The lowest BCUT2D eigenvalue weighted by molar-refractivity contribution is -0.131. The zero-order valence-electron chi connectivity index (χ0n) is 11.4. The molecule has 5 heteroatoms. The Morgan fingerprint density at radius 3 is 2.55 bits per heavy atom. The van der Waals surface area contributed by atoms with Gasteiger partial charge in [-0.05, 0) is 37.5 Å². The van der Waals surface area contributed by atoms with Gasteiger partial charge in [-0.1, -0.05) is 18.2 Å². The van der Waals surface area contributed by atoms with Crippen molar-refractivity contribution in [2.24, 2.45) is 0 Å². The molecule has 110 valence electrons. The van der Waals surface area contributed by atoms with Gasteiger partial charge >= 0.3 is 5.97 Å². The number of phenolic OH excluding ortho intramolecular Hbond substituents is 1. The van der Waals surface area contributed by atoms with Gasteiger partial charge in [0, 0.05) is 12.7 Å². The number of carboxylic acids is 1. The number of benzene rings is 1. The Kier molecular flexibility index (Phi) is 6.76. The minimum Gasteiger partial charge on any atom is -0.508 e. The zero-order valence-corrected chi connectivity index (χ0v) is 11.4. The van der Waals surface area contributed by atoms with Crippen molar-refractivity contribution in [3.8, 4) is 5.75 Å². The van der Waals surface area contributed by atoms with E-state index >= 15 is 0 Å². The second-order valence-electron chi connectivity index (χ2n) is 4.35. The van der Waals surface area contributed by atoms with Crippen molar-refractivity contribution in [3.63, 3.8) is 0 Å². The second kappa shape index (κ2) is 8.35. The van der Waals surface area contributed by atoms with Gasteiger partial charge in [-0.15, -0.1) is 0 Å². The lowest BCUT2D eigenvalue weighted by atomic mass is 10.0. The topological polar surface area (TPSA) is 87.0 Å². The third-order valence-electron chi connectivity index (χ3n) is 2.85. The van der Waals surface area contributed by atoms with E-state index in [-0.39, 0.29) is 5.75 Å². The number of carboxylic acid groups (broad SMARTS) is 1. The van der Waals surface area contributed by atoms with Crippen LogP contribution in [0.25, 0.3) is 0 Å². The van der Waals surface area contributed by atoms with E-state index in [4.69, 9.17) is 9.84 Å². The van der Waals surface area contributed by atoms with Crippen molar-refractivity contribution >= 4 is 5.97 Å².